The number of carbonyl (C=O) groups excluding carboxylic acids is 1. The van der Waals surface area contributed by atoms with Gasteiger partial charge in [0.25, 0.3) is 5.91 Å². The zero-order chi connectivity index (χ0) is 17.8. The van der Waals surface area contributed by atoms with E-state index in [4.69, 9.17) is 4.74 Å². The first-order valence-electron chi connectivity index (χ1n) is 8.45. The topological polar surface area (TPSA) is 29.5 Å². The molecule has 3 nitrogen and oxygen atoms in total. The van der Waals surface area contributed by atoms with E-state index in [0.29, 0.717) is 31.0 Å². The minimum absolute atomic E-state index is 0.0162. The van der Waals surface area contributed by atoms with Gasteiger partial charge in [0.2, 0.25) is 0 Å². The lowest BCUT2D eigenvalue weighted by Gasteiger charge is -2.32. The molecule has 0 spiro atoms. The fourth-order valence-electron chi connectivity index (χ4n) is 3.36. The molecule has 1 amide bonds. The summed E-state index contributed by atoms with van der Waals surface area (Å²) in [5, 5.41) is 0. The summed E-state index contributed by atoms with van der Waals surface area (Å²) in [5.74, 6) is -0.531. The van der Waals surface area contributed by atoms with E-state index in [2.05, 4.69) is 0 Å². The molecule has 0 N–H and O–H groups in total. The Kier molecular flexibility index (Phi) is 5.31. The summed E-state index contributed by atoms with van der Waals surface area (Å²) in [5.41, 5.74) is 0.695. The highest BCUT2D eigenvalue weighted by Gasteiger charge is 2.27. The van der Waals surface area contributed by atoms with Crippen LogP contribution in [0.2, 0.25) is 0 Å². The first-order valence-corrected chi connectivity index (χ1v) is 8.45. The predicted octanol–water partition coefficient (Wildman–Crippen LogP) is 4.07. The highest BCUT2D eigenvalue weighted by Crippen LogP contribution is 2.27. The number of ether oxygens (including phenoxy) is 1. The molecule has 1 fully saturated rings. The van der Waals surface area contributed by atoms with Gasteiger partial charge >= 0.3 is 0 Å². The minimum Gasteiger partial charge on any atom is -0.496 e. The number of nitrogens with zero attached hydrogens (tertiary/aromatic N) is 1. The molecular formula is C20H21F2NO2. The maximum absolute atomic E-state index is 14.1. The summed E-state index contributed by atoms with van der Waals surface area (Å²) in [6, 6.07) is 11.2. The number of methoxy groups -OCH3 is 1. The molecule has 0 bridgehead atoms. The molecule has 2 aromatic carbocycles. The van der Waals surface area contributed by atoms with Crippen LogP contribution < -0.4 is 4.74 Å². The SMILES string of the molecule is COc1cccc(F)c1C(=O)N1CCC(Cc2ccccc2F)CC1. The Morgan fingerprint density at radius 2 is 1.76 bits per heavy atom. The Hall–Kier alpha value is -2.43. The van der Waals surface area contributed by atoms with Gasteiger partial charge in [0.15, 0.2) is 0 Å². The van der Waals surface area contributed by atoms with Crippen molar-refractivity contribution in [3.8, 4) is 5.75 Å². The predicted molar refractivity (Wildman–Crippen MR) is 91.7 cm³/mol. The lowest BCUT2D eigenvalue weighted by atomic mass is 9.89. The number of amides is 1. The molecule has 132 valence electrons. The molecule has 0 atom stereocenters. The van der Waals surface area contributed by atoms with Gasteiger partial charge in [-0.1, -0.05) is 24.3 Å². The summed E-state index contributed by atoms with van der Waals surface area (Å²) in [4.78, 5) is 14.3. The largest absolute Gasteiger partial charge is 0.496 e. The summed E-state index contributed by atoms with van der Waals surface area (Å²) < 4.78 is 33.0. The number of hydrogen-bond donors (Lipinski definition) is 0. The Labute approximate surface area is 146 Å². The number of halogens is 2. The fraction of sp³-hybridized carbons (Fsp3) is 0.350. The second-order valence-electron chi connectivity index (χ2n) is 6.35. The van der Waals surface area contributed by atoms with Gasteiger partial charge in [0.1, 0.15) is 22.9 Å². The Balaban J connectivity index is 1.65. The van der Waals surface area contributed by atoms with Crippen molar-refractivity contribution in [2.24, 2.45) is 5.92 Å². The first-order chi connectivity index (χ1) is 12.1. The quantitative estimate of drug-likeness (QED) is 0.836. The van der Waals surface area contributed by atoms with Gasteiger partial charge in [-0.3, -0.25) is 4.79 Å². The van der Waals surface area contributed by atoms with Crippen LogP contribution >= 0.6 is 0 Å². The third-order valence-electron chi connectivity index (χ3n) is 4.78. The molecule has 5 heteroatoms. The third-order valence-corrected chi connectivity index (χ3v) is 4.78. The van der Waals surface area contributed by atoms with E-state index in [1.54, 1.807) is 23.1 Å². The van der Waals surface area contributed by atoms with Crippen molar-refractivity contribution in [3.63, 3.8) is 0 Å². The molecule has 1 saturated heterocycles. The summed E-state index contributed by atoms with van der Waals surface area (Å²) in [6.45, 7) is 1.07. The molecule has 2 aromatic rings. The second kappa shape index (κ2) is 7.64. The molecule has 0 saturated carbocycles. The van der Waals surface area contributed by atoms with Gasteiger partial charge in [-0.05, 0) is 48.9 Å². The normalized spacial score (nSPS) is 15.2. The van der Waals surface area contributed by atoms with Crippen LogP contribution in [0.4, 0.5) is 8.78 Å². The van der Waals surface area contributed by atoms with E-state index in [9.17, 15) is 13.6 Å². The average molecular weight is 345 g/mol. The molecule has 25 heavy (non-hydrogen) atoms. The number of hydrogen-bond acceptors (Lipinski definition) is 2. The van der Waals surface area contributed by atoms with E-state index >= 15 is 0 Å². The maximum Gasteiger partial charge on any atom is 0.260 e. The zero-order valence-electron chi connectivity index (χ0n) is 14.2. The molecule has 3 rings (SSSR count). The number of benzene rings is 2. The van der Waals surface area contributed by atoms with Crippen molar-refractivity contribution in [3.05, 3.63) is 65.2 Å². The Morgan fingerprint density at radius 3 is 2.44 bits per heavy atom. The van der Waals surface area contributed by atoms with Crippen molar-refractivity contribution in [2.75, 3.05) is 20.2 Å². The molecule has 1 aliphatic rings. The van der Waals surface area contributed by atoms with Crippen LogP contribution in [0.1, 0.15) is 28.8 Å². The molecule has 1 aliphatic heterocycles. The molecule has 0 unspecified atom stereocenters. The van der Waals surface area contributed by atoms with Gasteiger partial charge in [0, 0.05) is 13.1 Å². The summed E-state index contributed by atoms with van der Waals surface area (Å²) in [6.07, 6.45) is 2.21. The third kappa shape index (κ3) is 3.81. The molecule has 1 heterocycles. The van der Waals surface area contributed by atoms with Crippen molar-refractivity contribution < 1.29 is 18.3 Å². The lowest BCUT2D eigenvalue weighted by Crippen LogP contribution is -2.39. The van der Waals surface area contributed by atoms with Crippen molar-refractivity contribution in [1.82, 2.24) is 4.90 Å². The van der Waals surface area contributed by atoms with Gasteiger partial charge in [0.05, 0.1) is 7.11 Å². The highest BCUT2D eigenvalue weighted by atomic mass is 19.1. The van der Waals surface area contributed by atoms with Crippen molar-refractivity contribution in [2.45, 2.75) is 19.3 Å². The van der Waals surface area contributed by atoms with Crippen LogP contribution in [0.5, 0.6) is 5.75 Å². The van der Waals surface area contributed by atoms with Crippen LogP contribution in [-0.4, -0.2) is 31.0 Å². The van der Waals surface area contributed by atoms with Crippen molar-refractivity contribution in [1.29, 1.82) is 0 Å². The van der Waals surface area contributed by atoms with Crippen LogP contribution in [-0.2, 0) is 6.42 Å². The molecule has 0 radical (unpaired) electrons. The van der Waals surface area contributed by atoms with Crippen LogP contribution in [0, 0.1) is 17.6 Å². The van der Waals surface area contributed by atoms with Crippen LogP contribution in [0.25, 0.3) is 0 Å². The Bertz CT molecular complexity index is 755. The first kappa shape index (κ1) is 17.4. The van der Waals surface area contributed by atoms with Gasteiger partial charge in [-0.15, -0.1) is 0 Å². The van der Waals surface area contributed by atoms with E-state index in [1.165, 1.54) is 25.3 Å². The maximum atomic E-state index is 14.1. The van der Waals surface area contributed by atoms with Crippen LogP contribution in [0.15, 0.2) is 42.5 Å². The van der Waals surface area contributed by atoms with E-state index < -0.39 is 5.82 Å². The van der Waals surface area contributed by atoms with E-state index in [-0.39, 0.29) is 23.0 Å². The van der Waals surface area contributed by atoms with E-state index in [1.807, 2.05) is 6.07 Å². The smallest absolute Gasteiger partial charge is 0.260 e. The number of piperidine rings is 1. The van der Waals surface area contributed by atoms with Gasteiger partial charge < -0.3 is 9.64 Å². The second-order valence-corrected chi connectivity index (χ2v) is 6.35. The highest BCUT2D eigenvalue weighted by molar-refractivity contribution is 5.97. The zero-order valence-corrected chi connectivity index (χ0v) is 14.2. The standard InChI is InChI=1S/C20H21F2NO2/c1-25-18-8-4-7-17(22)19(18)20(24)23-11-9-14(10-12-23)13-15-5-2-3-6-16(15)21/h2-8,14H,9-13H2,1H3. The Morgan fingerprint density at radius 1 is 1.08 bits per heavy atom. The van der Waals surface area contributed by atoms with Gasteiger partial charge in [-0.2, -0.15) is 0 Å². The average Bonchev–Trinajstić information content (AvgIpc) is 2.63. The number of carbonyl (C=O) groups is 1. The molecule has 0 aliphatic carbocycles. The van der Waals surface area contributed by atoms with E-state index in [0.717, 1.165) is 12.8 Å². The number of rotatable bonds is 4. The summed E-state index contributed by atoms with van der Waals surface area (Å²) >= 11 is 0. The lowest BCUT2D eigenvalue weighted by molar-refractivity contribution is 0.0682. The minimum atomic E-state index is -0.571. The molecule has 0 aromatic heterocycles. The molecular weight excluding hydrogens is 324 g/mol. The van der Waals surface area contributed by atoms with Crippen LogP contribution in [0.3, 0.4) is 0 Å². The van der Waals surface area contributed by atoms with Crippen molar-refractivity contribution >= 4 is 5.91 Å². The van der Waals surface area contributed by atoms with Gasteiger partial charge in [-0.25, -0.2) is 8.78 Å². The fourth-order valence-corrected chi connectivity index (χ4v) is 3.36. The number of likely N-dealkylation sites (tertiary alicyclic amines) is 1. The monoisotopic (exact) mass is 345 g/mol. The summed E-state index contributed by atoms with van der Waals surface area (Å²) in [7, 11) is 1.42.